The van der Waals surface area contributed by atoms with Crippen LogP contribution in [0.3, 0.4) is 0 Å². The maximum Gasteiger partial charge on any atom is 0.389 e. The maximum absolute atomic E-state index is 12.2. The normalized spacial score (nSPS) is 12.0. The molecule has 0 saturated heterocycles. The van der Waals surface area contributed by atoms with Crippen LogP contribution in [0.1, 0.15) is 11.4 Å². The lowest BCUT2D eigenvalue weighted by Gasteiger charge is -2.02. The maximum atomic E-state index is 12.2. The van der Waals surface area contributed by atoms with E-state index in [0.29, 0.717) is 29.6 Å². The van der Waals surface area contributed by atoms with Crippen LogP contribution in [0, 0.1) is 0 Å². The van der Waals surface area contributed by atoms with Crippen molar-refractivity contribution in [2.24, 2.45) is 0 Å². The Labute approximate surface area is 128 Å². The quantitative estimate of drug-likeness (QED) is 0.693. The predicted octanol–water partition coefficient (Wildman–Crippen LogP) is 2.52. The van der Waals surface area contributed by atoms with Gasteiger partial charge in [-0.25, -0.2) is 9.67 Å². The van der Waals surface area contributed by atoms with Crippen molar-refractivity contribution in [2.75, 3.05) is 20.3 Å². The summed E-state index contributed by atoms with van der Waals surface area (Å²) in [6.45, 7) is 1.14. The Bertz CT molecular complexity index is 585. The molecular weight excluding hydrogens is 321 g/mol. The Morgan fingerprint density at radius 2 is 2.09 bits per heavy atom. The number of rotatable bonds is 8. The third kappa shape index (κ3) is 5.35. The average molecular weight is 336 g/mol. The van der Waals surface area contributed by atoms with Gasteiger partial charge in [-0.15, -0.1) is 16.4 Å². The molecule has 10 heteroatoms. The fraction of sp³-hybridized carbons (Fsp3) is 0.583. The highest BCUT2D eigenvalue weighted by molar-refractivity contribution is 7.09. The van der Waals surface area contributed by atoms with Crippen molar-refractivity contribution in [1.29, 1.82) is 0 Å². The van der Waals surface area contributed by atoms with Gasteiger partial charge in [0.2, 0.25) is 0 Å². The average Bonchev–Trinajstić information content (AvgIpc) is 3.09. The fourth-order valence-corrected chi connectivity index (χ4v) is 2.36. The summed E-state index contributed by atoms with van der Waals surface area (Å²) >= 11 is 1.18. The van der Waals surface area contributed by atoms with Gasteiger partial charge in [-0.1, -0.05) is 5.21 Å². The van der Waals surface area contributed by atoms with Crippen LogP contribution in [0.5, 0.6) is 0 Å². The summed E-state index contributed by atoms with van der Waals surface area (Å²) in [5.41, 5.74) is 1.02. The van der Waals surface area contributed by atoms with Crippen LogP contribution in [0.15, 0.2) is 11.6 Å². The largest absolute Gasteiger partial charge is 0.389 e. The van der Waals surface area contributed by atoms with Gasteiger partial charge in [-0.2, -0.15) is 13.2 Å². The van der Waals surface area contributed by atoms with Gasteiger partial charge in [-0.3, -0.25) is 0 Å². The standard InChI is InChI=1S/C12H15F3N4O2S/c1-20-4-5-21-8-19-6-9(17-18-19)10-7-22-11(16-10)2-3-12(13,14)15/h6-7H,2-5,8H2,1H3. The molecule has 22 heavy (non-hydrogen) atoms. The molecule has 122 valence electrons. The fourth-order valence-electron chi connectivity index (χ4n) is 1.57. The zero-order chi connectivity index (χ0) is 16.0. The lowest BCUT2D eigenvalue weighted by molar-refractivity contribution is -0.133. The number of halogens is 3. The van der Waals surface area contributed by atoms with Gasteiger partial charge in [0.05, 0.1) is 24.4 Å². The minimum Gasteiger partial charge on any atom is -0.382 e. The summed E-state index contributed by atoms with van der Waals surface area (Å²) in [7, 11) is 1.58. The van der Waals surface area contributed by atoms with Crippen molar-refractivity contribution in [3.8, 4) is 11.4 Å². The molecule has 0 fully saturated rings. The van der Waals surface area contributed by atoms with Crippen molar-refractivity contribution < 1.29 is 22.6 Å². The van der Waals surface area contributed by atoms with Crippen LogP contribution in [-0.2, 0) is 22.6 Å². The first-order chi connectivity index (χ1) is 10.5. The number of hydrogen-bond donors (Lipinski definition) is 0. The molecular formula is C12H15F3N4O2S. The van der Waals surface area contributed by atoms with E-state index >= 15 is 0 Å². The summed E-state index contributed by atoms with van der Waals surface area (Å²) in [6.07, 6.45) is -3.54. The highest BCUT2D eigenvalue weighted by Crippen LogP contribution is 2.25. The zero-order valence-corrected chi connectivity index (χ0v) is 12.7. The molecule has 0 N–H and O–H groups in total. The molecule has 0 aromatic carbocycles. The molecule has 6 nitrogen and oxygen atoms in total. The number of methoxy groups -OCH3 is 1. The molecule has 0 unspecified atom stereocenters. The molecule has 0 aliphatic heterocycles. The number of ether oxygens (including phenoxy) is 2. The monoisotopic (exact) mass is 336 g/mol. The van der Waals surface area contributed by atoms with Crippen LogP contribution in [0.2, 0.25) is 0 Å². The van der Waals surface area contributed by atoms with Crippen LogP contribution in [-0.4, -0.2) is 46.5 Å². The van der Waals surface area contributed by atoms with Crippen molar-refractivity contribution in [2.45, 2.75) is 25.7 Å². The molecule has 0 saturated carbocycles. The first-order valence-electron chi connectivity index (χ1n) is 6.46. The Morgan fingerprint density at radius 1 is 1.27 bits per heavy atom. The zero-order valence-electron chi connectivity index (χ0n) is 11.8. The van der Waals surface area contributed by atoms with Gasteiger partial charge < -0.3 is 9.47 Å². The van der Waals surface area contributed by atoms with Gasteiger partial charge in [0.15, 0.2) is 0 Å². The first kappa shape index (κ1) is 16.8. The third-order valence-electron chi connectivity index (χ3n) is 2.63. The van der Waals surface area contributed by atoms with Gasteiger partial charge in [-0.05, 0) is 0 Å². The van der Waals surface area contributed by atoms with E-state index in [9.17, 15) is 13.2 Å². The molecule has 0 spiro atoms. The van der Waals surface area contributed by atoms with Crippen molar-refractivity contribution in [1.82, 2.24) is 20.0 Å². The van der Waals surface area contributed by atoms with E-state index in [0.717, 1.165) is 0 Å². The molecule has 0 radical (unpaired) electrons. The highest BCUT2D eigenvalue weighted by atomic mass is 32.1. The van der Waals surface area contributed by atoms with Gasteiger partial charge in [0.1, 0.15) is 18.1 Å². The van der Waals surface area contributed by atoms with E-state index in [-0.39, 0.29) is 13.2 Å². The second-order valence-electron chi connectivity index (χ2n) is 4.42. The van der Waals surface area contributed by atoms with Crippen molar-refractivity contribution in [3.05, 3.63) is 16.6 Å². The van der Waals surface area contributed by atoms with Crippen LogP contribution in [0.25, 0.3) is 11.4 Å². The Balaban J connectivity index is 1.89. The van der Waals surface area contributed by atoms with E-state index in [1.54, 1.807) is 18.7 Å². The van der Waals surface area contributed by atoms with E-state index in [4.69, 9.17) is 9.47 Å². The lowest BCUT2D eigenvalue weighted by atomic mass is 10.3. The number of thiazole rings is 1. The molecule has 0 aliphatic carbocycles. The molecule has 2 heterocycles. The Kier molecular flexibility index (Phi) is 5.86. The molecule has 2 aromatic rings. The number of alkyl halides is 3. The second-order valence-corrected chi connectivity index (χ2v) is 5.36. The predicted molar refractivity (Wildman–Crippen MR) is 73.3 cm³/mol. The lowest BCUT2D eigenvalue weighted by Crippen LogP contribution is -2.08. The SMILES string of the molecule is COCCOCn1cc(-c2csc(CCC(F)(F)F)n2)nn1. The molecule has 2 aromatic heterocycles. The molecule has 0 bridgehead atoms. The number of aryl methyl sites for hydroxylation is 1. The smallest absolute Gasteiger partial charge is 0.382 e. The first-order valence-corrected chi connectivity index (χ1v) is 7.34. The van der Waals surface area contributed by atoms with E-state index in [1.165, 1.54) is 16.0 Å². The summed E-state index contributed by atoms with van der Waals surface area (Å²) in [4.78, 5) is 4.15. The van der Waals surface area contributed by atoms with E-state index in [2.05, 4.69) is 15.3 Å². The second kappa shape index (κ2) is 7.65. The topological polar surface area (TPSA) is 62.1 Å². The van der Waals surface area contributed by atoms with Crippen LogP contribution >= 0.6 is 11.3 Å². The van der Waals surface area contributed by atoms with Gasteiger partial charge in [0.25, 0.3) is 0 Å². The summed E-state index contributed by atoms with van der Waals surface area (Å²) < 4.78 is 48.1. The summed E-state index contributed by atoms with van der Waals surface area (Å²) in [5.74, 6) is 0. The van der Waals surface area contributed by atoms with E-state index < -0.39 is 12.6 Å². The van der Waals surface area contributed by atoms with Crippen LogP contribution in [0.4, 0.5) is 13.2 Å². The Morgan fingerprint density at radius 3 is 2.82 bits per heavy atom. The van der Waals surface area contributed by atoms with E-state index in [1.807, 2.05) is 0 Å². The number of aromatic nitrogens is 4. The number of hydrogen-bond acceptors (Lipinski definition) is 6. The molecule has 0 aliphatic rings. The van der Waals surface area contributed by atoms with Crippen LogP contribution < -0.4 is 0 Å². The summed E-state index contributed by atoms with van der Waals surface area (Å²) in [5, 5.41) is 9.90. The third-order valence-corrected chi connectivity index (χ3v) is 3.54. The van der Waals surface area contributed by atoms with Crippen molar-refractivity contribution in [3.63, 3.8) is 0 Å². The van der Waals surface area contributed by atoms with Gasteiger partial charge >= 0.3 is 6.18 Å². The highest BCUT2D eigenvalue weighted by Gasteiger charge is 2.27. The molecule has 0 atom stereocenters. The molecule has 0 amide bonds. The summed E-state index contributed by atoms with van der Waals surface area (Å²) in [6, 6.07) is 0. The molecule has 2 rings (SSSR count). The minimum atomic E-state index is -4.17. The van der Waals surface area contributed by atoms with Crippen molar-refractivity contribution >= 4 is 11.3 Å². The Hall–Kier alpha value is -1.52. The minimum absolute atomic E-state index is 0.123. The number of nitrogens with zero attached hydrogens (tertiary/aromatic N) is 4. The van der Waals surface area contributed by atoms with Gasteiger partial charge in [0, 0.05) is 25.3 Å².